The molecule has 0 saturated heterocycles. The van der Waals surface area contributed by atoms with Crippen molar-refractivity contribution in [2.24, 2.45) is 0 Å². The minimum Gasteiger partial charge on any atom is -0.289 e. The second kappa shape index (κ2) is 11.6. The molecular weight excluding hydrogens is 637 g/mol. The minimum absolute atomic E-state index is 0.578. The molecule has 10 aromatic rings. The van der Waals surface area contributed by atoms with E-state index < -0.39 is 0 Å². The second-order valence-electron chi connectivity index (χ2n) is 11.8. The van der Waals surface area contributed by atoms with E-state index in [4.69, 9.17) is 15.0 Å². The predicted molar refractivity (Wildman–Crippen MR) is 193 cm³/mol. The monoisotopic (exact) mass is 660 g/mol. The van der Waals surface area contributed by atoms with Crippen molar-refractivity contribution < 1.29 is 0 Å². The van der Waals surface area contributed by atoms with E-state index in [1.165, 1.54) is 19.0 Å². The summed E-state index contributed by atoms with van der Waals surface area (Å²) in [5, 5.41) is 0. The van der Waals surface area contributed by atoms with Gasteiger partial charge in [0.2, 0.25) is 0 Å². The van der Waals surface area contributed by atoms with Crippen LogP contribution in [0.15, 0.2) is 147 Å². The molecule has 12 heteroatoms. The first-order valence-electron chi connectivity index (χ1n) is 16.2. The van der Waals surface area contributed by atoms with Crippen molar-refractivity contribution >= 4 is 33.5 Å². The molecule has 0 saturated carbocycles. The van der Waals surface area contributed by atoms with Gasteiger partial charge in [-0.05, 0) is 54.6 Å². The molecule has 10 rings (SSSR count). The zero-order valence-electron chi connectivity index (χ0n) is 26.7. The summed E-state index contributed by atoms with van der Waals surface area (Å²) in [6.45, 7) is 0. The number of para-hydroxylation sites is 3. The molecule has 240 valence electrons. The number of imidazole rings is 3. The number of rotatable bonds is 6. The van der Waals surface area contributed by atoms with Crippen molar-refractivity contribution in [2.45, 2.75) is 0 Å². The van der Waals surface area contributed by atoms with Gasteiger partial charge in [-0.1, -0.05) is 54.6 Å². The van der Waals surface area contributed by atoms with Gasteiger partial charge in [0.15, 0.2) is 16.9 Å². The fourth-order valence-electron chi connectivity index (χ4n) is 6.58. The Labute approximate surface area is 289 Å². The average molecular weight is 661 g/mol. The highest BCUT2D eigenvalue weighted by molar-refractivity contribution is 5.87. The molecule has 0 unspecified atom stereocenters. The maximum Gasteiger partial charge on any atom is 0.181 e. The van der Waals surface area contributed by atoms with Gasteiger partial charge in [-0.2, -0.15) is 0 Å². The van der Waals surface area contributed by atoms with Crippen LogP contribution in [0.5, 0.6) is 0 Å². The van der Waals surface area contributed by atoms with Crippen LogP contribution in [-0.2, 0) is 0 Å². The van der Waals surface area contributed by atoms with Crippen LogP contribution in [-0.4, -0.2) is 58.6 Å². The molecule has 0 radical (unpaired) electrons. The molecule has 6 heterocycles. The van der Waals surface area contributed by atoms with Crippen molar-refractivity contribution in [3.8, 4) is 51.2 Å². The normalized spacial score (nSPS) is 11.5. The van der Waals surface area contributed by atoms with Gasteiger partial charge >= 0.3 is 0 Å². The third-order valence-electron chi connectivity index (χ3n) is 8.76. The molecule has 12 nitrogen and oxygen atoms in total. The van der Waals surface area contributed by atoms with Crippen LogP contribution >= 0.6 is 0 Å². The lowest BCUT2D eigenvalue weighted by Gasteiger charge is -2.15. The second-order valence-corrected chi connectivity index (χ2v) is 11.8. The first-order valence-corrected chi connectivity index (χ1v) is 16.2. The Balaban J connectivity index is 1.31. The van der Waals surface area contributed by atoms with Gasteiger partial charge in [0.1, 0.15) is 53.0 Å². The molecule has 51 heavy (non-hydrogen) atoms. The lowest BCUT2D eigenvalue weighted by molar-refractivity contribution is 1.08. The molecule has 4 aromatic carbocycles. The Hall–Kier alpha value is -7.47. The number of fused-ring (bicyclic) bond motifs is 3. The summed E-state index contributed by atoms with van der Waals surface area (Å²) in [5.41, 5.74) is 9.32. The Morgan fingerprint density at radius 1 is 0.353 bits per heavy atom. The fourth-order valence-corrected chi connectivity index (χ4v) is 6.58. The van der Waals surface area contributed by atoms with E-state index in [0.29, 0.717) is 34.4 Å². The van der Waals surface area contributed by atoms with Crippen molar-refractivity contribution in [2.75, 3.05) is 0 Å². The zero-order valence-corrected chi connectivity index (χ0v) is 26.7. The van der Waals surface area contributed by atoms with Crippen LogP contribution < -0.4 is 0 Å². The lowest BCUT2D eigenvalue weighted by atomic mass is 10.0. The smallest absolute Gasteiger partial charge is 0.181 e. The predicted octanol–water partition coefficient (Wildman–Crippen LogP) is 7.07. The Bertz CT molecular complexity index is 2540. The highest BCUT2D eigenvalue weighted by Gasteiger charge is 2.23. The lowest BCUT2D eigenvalue weighted by Crippen LogP contribution is -2.02. The zero-order chi connectivity index (χ0) is 33.7. The Kier molecular flexibility index (Phi) is 6.49. The highest BCUT2D eigenvalue weighted by atomic mass is 15.2. The van der Waals surface area contributed by atoms with Crippen LogP contribution in [0.25, 0.3) is 84.7 Å². The van der Waals surface area contributed by atoms with Crippen molar-refractivity contribution in [1.82, 2.24) is 58.6 Å². The van der Waals surface area contributed by atoms with Crippen LogP contribution in [0, 0.1) is 0 Å². The molecule has 0 atom stereocenters. The van der Waals surface area contributed by atoms with Crippen LogP contribution in [0.2, 0.25) is 0 Å². The highest BCUT2D eigenvalue weighted by Crippen LogP contribution is 2.37. The van der Waals surface area contributed by atoms with E-state index in [9.17, 15) is 0 Å². The summed E-state index contributed by atoms with van der Waals surface area (Å²) in [7, 11) is 0. The van der Waals surface area contributed by atoms with Gasteiger partial charge in [-0.25, -0.2) is 44.9 Å². The molecule has 0 aliphatic heterocycles. The largest absolute Gasteiger partial charge is 0.289 e. The van der Waals surface area contributed by atoms with E-state index in [0.717, 1.165) is 50.3 Å². The first kappa shape index (κ1) is 28.5. The van der Waals surface area contributed by atoms with E-state index in [2.05, 4.69) is 61.8 Å². The van der Waals surface area contributed by atoms with E-state index in [-0.39, 0.29) is 0 Å². The third kappa shape index (κ3) is 4.73. The standard InChI is InChI=1S/C39H24N12/c1-4-10-28(11-5-1)49-31-19-40-22-43-34(31)46-37(49)25-16-26(38-47-35-32(20-41-23-44-35)50(38)29-12-6-2-7-13-29)18-27(17-25)39-48-36-33(21-42-24-45-36)51(39)30-14-8-3-9-15-30/h1-24H. The summed E-state index contributed by atoms with van der Waals surface area (Å²) in [5.74, 6) is 2.05. The van der Waals surface area contributed by atoms with E-state index in [1.807, 2.05) is 91.0 Å². The minimum atomic E-state index is 0.578. The molecule has 0 aliphatic rings. The number of aromatic nitrogens is 12. The SMILES string of the molecule is c1ccc(-n2c(-c3cc(-c4nc5ncncc5n4-c4ccccc4)cc(-c4nc5ncncc5n4-c4ccccc4)c3)nc3ncncc32)cc1. The third-order valence-corrected chi connectivity index (χ3v) is 8.76. The van der Waals surface area contributed by atoms with Crippen molar-refractivity contribution in [3.05, 3.63) is 147 Å². The van der Waals surface area contributed by atoms with Gasteiger partial charge in [0.05, 0.1) is 18.6 Å². The molecule has 0 N–H and O–H groups in total. The first-order chi connectivity index (χ1) is 25.3. The molecule has 6 aromatic heterocycles. The number of benzene rings is 4. The Morgan fingerprint density at radius 2 is 0.647 bits per heavy atom. The molecule has 0 spiro atoms. The Morgan fingerprint density at radius 3 is 0.941 bits per heavy atom. The van der Waals surface area contributed by atoms with Crippen LogP contribution in [0.4, 0.5) is 0 Å². The maximum absolute atomic E-state index is 5.09. The summed E-state index contributed by atoms with van der Waals surface area (Å²) < 4.78 is 6.24. The summed E-state index contributed by atoms with van der Waals surface area (Å²) in [6, 6.07) is 36.6. The molecule has 0 amide bonds. The van der Waals surface area contributed by atoms with Crippen molar-refractivity contribution in [3.63, 3.8) is 0 Å². The number of nitrogens with zero attached hydrogens (tertiary/aromatic N) is 12. The quantitative estimate of drug-likeness (QED) is 0.184. The van der Waals surface area contributed by atoms with E-state index >= 15 is 0 Å². The summed E-state index contributed by atoms with van der Waals surface area (Å²) >= 11 is 0. The molecular formula is C39H24N12. The van der Waals surface area contributed by atoms with Gasteiger partial charge in [0.25, 0.3) is 0 Å². The topological polar surface area (TPSA) is 131 Å². The van der Waals surface area contributed by atoms with Crippen LogP contribution in [0.1, 0.15) is 0 Å². The molecule has 0 bridgehead atoms. The molecule has 0 fully saturated rings. The van der Waals surface area contributed by atoms with Gasteiger partial charge < -0.3 is 0 Å². The fraction of sp³-hybridized carbons (Fsp3) is 0. The number of hydrogen-bond donors (Lipinski definition) is 0. The van der Waals surface area contributed by atoms with Gasteiger partial charge in [0, 0.05) is 33.8 Å². The summed E-state index contributed by atoms with van der Waals surface area (Å²) in [6.07, 6.45) is 9.92. The van der Waals surface area contributed by atoms with Gasteiger partial charge in [-0.15, -0.1) is 0 Å². The maximum atomic E-state index is 5.09. The van der Waals surface area contributed by atoms with Crippen LogP contribution in [0.3, 0.4) is 0 Å². The number of hydrogen-bond acceptors (Lipinski definition) is 9. The summed E-state index contributed by atoms with van der Waals surface area (Å²) in [4.78, 5) is 41.9. The van der Waals surface area contributed by atoms with Gasteiger partial charge in [-0.3, -0.25) is 13.7 Å². The molecule has 0 aliphatic carbocycles. The van der Waals surface area contributed by atoms with E-state index in [1.54, 1.807) is 18.6 Å². The average Bonchev–Trinajstić information content (AvgIpc) is 3.91. The van der Waals surface area contributed by atoms with Crippen molar-refractivity contribution in [1.29, 1.82) is 0 Å².